The molecule has 2 heterocycles. The quantitative estimate of drug-likeness (QED) is 0.530. The van der Waals surface area contributed by atoms with Gasteiger partial charge < -0.3 is 11.1 Å². The molecule has 1 aromatic heterocycles. The van der Waals surface area contributed by atoms with E-state index in [1.807, 2.05) is 59.4 Å². The van der Waals surface area contributed by atoms with Gasteiger partial charge in [-0.25, -0.2) is 0 Å². The first kappa shape index (κ1) is 22.7. The van der Waals surface area contributed by atoms with Gasteiger partial charge in [0.2, 0.25) is 11.8 Å². The second-order valence-electron chi connectivity index (χ2n) is 8.72. The van der Waals surface area contributed by atoms with Crippen LogP contribution in [0.5, 0.6) is 0 Å². The van der Waals surface area contributed by atoms with Gasteiger partial charge in [-0.05, 0) is 37.4 Å². The number of carbonyl (C=O) groups excluding carboxylic acids is 2. The number of amides is 2. The van der Waals surface area contributed by atoms with Gasteiger partial charge in [0.15, 0.2) is 0 Å². The molecule has 4 rings (SSSR count). The van der Waals surface area contributed by atoms with E-state index in [0.717, 1.165) is 42.8 Å². The predicted octanol–water partition coefficient (Wildman–Crippen LogP) is 2.80. The fourth-order valence-corrected chi connectivity index (χ4v) is 4.37. The predicted molar refractivity (Wildman–Crippen MR) is 128 cm³/mol. The molecule has 3 aromatic rings. The van der Waals surface area contributed by atoms with Crippen molar-refractivity contribution in [2.75, 3.05) is 19.6 Å². The minimum absolute atomic E-state index is 0.00169. The van der Waals surface area contributed by atoms with E-state index in [9.17, 15) is 9.59 Å². The zero-order valence-corrected chi connectivity index (χ0v) is 18.8. The molecule has 2 aromatic carbocycles. The van der Waals surface area contributed by atoms with Crippen LogP contribution in [-0.4, -0.2) is 46.1 Å². The lowest BCUT2D eigenvalue weighted by Crippen LogP contribution is -2.41. The Bertz CT molecular complexity index is 1060. The van der Waals surface area contributed by atoms with Crippen LogP contribution in [0.1, 0.15) is 30.4 Å². The Labute approximate surface area is 194 Å². The number of benzene rings is 2. The highest BCUT2D eigenvalue weighted by Crippen LogP contribution is 2.23. The van der Waals surface area contributed by atoms with E-state index in [4.69, 9.17) is 10.8 Å². The van der Waals surface area contributed by atoms with Crippen LogP contribution in [0.3, 0.4) is 0 Å². The Morgan fingerprint density at radius 1 is 1.00 bits per heavy atom. The number of primary amides is 1. The Balaban J connectivity index is 1.37. The van der Waals surface area contributed by atoms with Gasteiger partial charge in [0.25, 0.3) is 0 Å². The summed E-state index contributed by atoms with van der Waals surface area (Å²) in [6.07, 6.45) is 4.27. The lowest BCUT2D eigenvalue weighted by molar-refractivity contribution is -0.123. The minimum atomic E-state index is -0.242. The molecule has 0 atom stereocenters. The van der Waals surface area contributed by atoms with Crippen LogP contribution in [0.4, 0.5) is 0 Å². The number of nitrogens with zero attached hydrogens (tertiary/aromatic N) is 3. The molecule has 0 bridgehead atoms. The average Bonchev–Trinajstić information content (AvgIpc) is 3.22. The molecule has 7 nitrogen and oxygen atoms in total. The monoisotopic (exact) mass is 445 g/mol. The van der Waals surface area contributed by atoms with Crippen LogP contribution < -0.4 is 11.1 Å². The molecule has 33 heavy (non-hydrogen) atoms. The number of likely N-dealkylation sites (tertiary alicyclic amines) is 1. The van der Waals surface area contributed by atoms with Crippen molar-refractivity contribution in [1.29, 1.82) is 0 Å². The van der Waals surface area contributed by atoms with Gasteiger partial charge in [0, 0.05) is 30.3 Å². The Kier molecular flexibility index (Phi) is 7.52. The first-order valence-corrected chi connectivity index (χ1v) is 11.5. The number of hydrogen-bond acceptors (Lipinski definition) is 4. The summed E-state index contributed by atoms with van der Waals surface area (Å²) < 4.78 is 1.93. The number of aromatic nitrogens is 2. The van der Waals surface area contributed by atoms with E-state index < -0.39 is 0 Å². The molecule has 172 valence electrons. The first-order chi connectivity index (χ1) is 16.1. The minimum Gasteiger partial charge on any atom is -0.370 e. The number of carbonyl (C=O) groups is 2. The third-order valence-corrected chi connectivity index (χ3v) is 6.11. The van der Waals surface area contributed by atoms with E-state index in [1.165, 1.54) is 5.56 Å². The van der Waals surface area contributed by atoms with Crippen molar-refractivity contribution in [3.05, 3.63) is 78.0 Å². The number of nitrogens with two attached hydrogens (primary N) is 1. The van der Waals surface area contributed by atoms with Crippen LogP contribution in [-0.2, 0) is 22.7 Å². The third kappa shape index (κ3) is 6.52. The summed E-state index contributed by atoms with van der Waals surface area (Å²) in [6.45, 7) is 3.10. The Morgan fingerprint density at radius 3 is 2.33 bits per heavy atom. The SMILES string of the molecule is NC(=O)CC1CCN(CC(=O)NCc2cn(Cc3ccccc3)nc2-c2ccccc2)CC1. The lowest BCUT2D eigenvalue weighted by atomic mass is 9.93. The molecule has 1 saturated heterocycles. The van der Waals surface area contributed by atoms with Crippen LogP contribution in [0.25, 0.3) is 11.3 Å². The van der Waals surface area contributed by atoms with Crippen molar-refractivity contribution in [2.45, 2.75) is 32.4 Å². The highest BCUT2D eigenvalue weighted by atomic mass is 16.2. The normalized spacial score (nSPS) is 14.8. The molecule has 2 amide bonds. The molecule has 1 fully saturated rings. The van der Waals surface area contributed by atoms with Crippen molar-refractivity contribution in [1.82, 2.24) is 20.0 Å². The number of rotatable bonds is 9. The van der Waals surface area contributed by atoms with E-state index in [-0.39, 0.29) is 11.8 Å². The van der Waals surface area contributed by atoms with Gasteiger partial charge in [-0.3, -0.25) is 19.2 Å². The molecule has 0 saturated carbocycles. The topological polar surface area (TPSA) is 93.3 Å². The highest BCUT2D eigenvalue weighted by Gasteiger charge is 2.22. The number of hydrogen-bond donors (Lipinski definition) is 2. The van der Waals surface area contributed by atoms with Gasteiger partial charge in [0.05, 0.1) is 18.8 Å². The maximum atomic E-state index is 12.6. The first-order valence-electron chi connectivity index (χ1n) is 11.5. The molecule has 0 spiro atoms. The van der Waals surface area contributed by atoms with E-state index in [1.54, 1.807) is 0 Å². The summed E-state index contributed by atoms with van der Waals surface area (Å²) in [5.41, 5.74) is 9.40. The summed E-state index contributed by atoms with van der Waals surface area (Å²) in [6, 6.07) is 20.3. The molecule has 0 aliphatic carbocycles. The van der Waals surface area contributed by atoms with Crippen LogP contribution in [0, 0.1) is 5.92 Å². The van der Waals surface area contributed by atoms with Gasteiger partial charge in [0.1, 0.15) is 0 Å². The number of piperidine rings is 1. The summed E-state index contributed by atoms with van der Waals surface area (Å²) >= 11 is 0. The Hall–Kier alpha value is -3.45. The highest BCUT2D eigenvalue weighted by molar-refractivity contribution is 5.78. The smallest absolute Gasteiger partial charge is 0.234 e. The molecule has 0 unspecified atom stereocenters. The molecule has 0 radical (unpaired) electrons. The third-order valence-electron chi connectivity index (χ3n) is 6.11. The van der Waals surface area contributed by atoms with Gasteiger partial charge in [-0.15, -0.1) is 0 Å². The van der Waals surface area contributed by atoms with E-state index in [0.29, 0.717) is 32.0 Å². The molecule has 3 N–H and O–H groups in total. The maximum absolute atomic E-state index is 12.6. The standard InChI is InChI=1S/C26H31N5O2/c27-24(32)15-20-11-13-30(14-12-20)19-25(33)28-16-23-18-31(17-21-7-3-1-4-8-21)29-26(23)22-9-5-2-6-10-22/h1-10,18,20H,11-17,19H2,(H2,27,32)(H,28,33). The second kappa shape index (κ2) is 10.9. The summed E-state index contributed by atoms with van der Waals surface area (Å²) in [5, 5.41) is 7.89. The molecule has 1 aliphatic heterocycles. The van der Waals surface area contributed by atoms with Gasteiger partial charge in [-0.1, -0.05) is 60.7 Å². The second-order valence-corrected chi connectivity index (χ2v) is 8.72. The summed E-state index contributed by atoms with van der Waals surface area (Å²) in [4.78, 5) is 25.9. The lowest BCUT2D eigenvalue weighted by Gasteiger charge is -2.30. The van der Waals surface area contributed by atoms with Crippen molar-refractivity contribution in [3.8, 4) is 11.3 Å². The Morgan fingerprint density at radius 2 is 1.67 bits per heavy atom. The summed E-state index contributed by atoms with van der Waals surface area (Å²) in [7, 11) is 0. The molecular weight excluding hydrogens is 414 g/mol. The zero-order chi connectivity index (χ0) is 23.0. The van der Waals surface area contributed by atoms with Crippen LogP contribution in [0.2, 0.25) is 0 Å². The molecule has 1 aliphatic rings. The van der Waals surface area contributed by atoms with Crippen molar-refractivity contribution >= 4 is 11.8 Å². The van der Waals surface area contributed by atoms with E-state index >= 15 is 0 Å². The van der Waals surface area contributed by atoms with Crippen molar-refractivity contribution < 1.29 is 9.59 Å². The van der Waals surface area contributed by atoms with Crippen molar-refractivity contribution in [3.63, 3.8) is 0 Å². The fraction of sp³-hybridized carbons (Fsp3) is 0.346. The van der Waals surface area contributed by atoms with Crippen LogP contribution >= 0.6 is 0 Å². The number of nitrogens with one attached hydrogen (secondary N) is 1. The molecular formula is C26H31N5O2. The zero-order valence-electron chi connectivity index (χ0n) is 18.8. The average molecular weight is 446 g/mol. The van der Waals surface area contributed by atoms with Gasteiger partial charge >= 0.3 is 0 Å². The van der Waals surface area contributed by atoms with Gasteiger partial charge in [-0.2, -0.15) is 5.10 Å². The summed E-state index contributed by atoms with van der Waals surface area (Å²) in [5.74, 6) is 0.0945. The van der Waals surface area contributed by atoms with Crippen molar-refractivity contribution in [2.24, 2.45) is 11.7 Å². The largest absolute Gasteiger partial charge is 0.370 e. The maximum Gasteiger partial charge on any atom is 0.234 e. The van der Waals surface area contributed by atoms with Crippen LogP contribution in [0.15, 0.2) is 66.9 Å². The molecule has 7 heteroatoms. The van der Waals surface area contributed by atoms with E-state index in [2.05, 4.69) is 22.3 Å². The fourth-order valence-electron chi connectivity index (χ4n) is 4.37.